The first-order valence-corrected chi connectivity index (χ1v) is 5.03. The molecule has 1 heterocycles. The molecule has 2 rings (SSSR count). The number of hydrogen-bond donors (Lipinski definition) is 2. The second kappa shape index (κ2) is 4.92. The molecular weight excluding hydrogens is 242 g/mol. The fraction of sp³-hybridized carbons (Fsp3) is 0.0909. The molecule has 0 spiro atoms. The fourth-order valence-electron chi connectivity index (χ4n) is 1.28. The van der Waals surface area contributed by atoms with Gasteiger partial charge in [-0.3, -0.25) is 5.43 Å². The van der Waals surface area contributed by atoms with Gasteiger partial charge in [-0.05, 0) is 30.7 Å². The van der Waals surface area contributed by atoms with Crippen LogP contribution in [-0.4, -0.2) is 9.97 Å². The number of aryl methyl sites for hydroxylation is 1. The maximum atomic E-state index is 13.4. The van der Waals surface area contributed by atoms with Gasteiger partial charge >= 0.3 is 0 Å². The van der Waals surface area contributed by atoms with E-state index in [0.717, 1.165) is 6.20 Å². The van der Waals surface area contributed by atoms with Crippen LogP contribution in [0.2, 0.25) is 0 Å². The molecule has 0 unspecified atom stereocenters. The first-order valence-electron chi connectivity index (χ1n) is 5.03. The Kier molecular flexibility index (Phi) is 3.33. The van der Waals surface area contributed by atoms with E-state index in [4.69, 9.17) is 10.6 Å². The standard InChI is InChI=1S/C11H10F2N4O/c1-6-4-7(2-3-8(6)12)18-10-9(13)5-15-11(16-10)17-14/h2-5H,14H2,1H3,(H,15,16,17). The molecule has 5 nitrogen and oxygen atoms in total. The van der Waals surface area contributed by atoms with Crippen molar-refractivity contribution in [2.75, 3.05) is 5.43 Å². The molecule has 7 heteroatoms. The van der Waals surface area contributed by atoms with Crippen molar-refractivity contribution >= 4 is 5.95 Å². The molecule has 0 aliphatic heterocycles. The molecule has 0 atom stereocenters. The number of nitrogens with two attached hydrogens (primary N) is 1. The van der Waals surface area contributed by atoms with Crippen molar-refractivity contribution in [3.8, 4) is 11.6 Å². The molecule has 18 heavy (non-hydrogen) atoms. The number of halogens is 2. The van der Waals surface area contributed by atoms with E-state index in [-0.39, 0.29) is 23.4 Å². The Balaban J connectivity index is 2.30. The van der Waals surface area contributed by atoms with E-state index in [1.165, 1.54) is 18.2 Å². The van der Waals surface area contributed by atoms with Crippen LogP contribution in [0.3, 0.4) is 0 Å². The smallest absolute Gasteiger partial charge is 0.260 e. The van der Waals surface area contributed by atoms with E-state index >= 15 is 0 Å². The van der Waals surface area contributed by atoms with Crippen molar-refractivity contribution in [1.29, 1.82) is 0 Å². The van der Waals surface area contributed by atoms with E-state index < -0.39 is 5.82 Å². The maximum absolute atomic E-state index is 13.4. The topological polar surface area (TPSA) is 73.1 Å². The summed E-state index contributed by atoms with van der Waals surface area (Å²) in [6.07, 6.45) is 0.925. The first kappa shape index (κ1) is 12.2. The number of hydrogen-bond acceptors (Lipinski definition) is 5. The largest absolute Gasteiger partial charge is 0.436 e. The molecule has 0 saturated heterocycles. The molecule has 0 radical (unpaired) electrons. The van der Waals surface area contributed by atoms with Gasteiger partial charge in [0.25, 0.3) is 5.88 Å². The van der Waals surface area contributed by atoms with Gasteiger partial charge in [0.2, 0.25) is 11.8 Å². The summed E-state index contributed by atoms with van der Waals surface area (Å²) in [6.45, 7) is 1.57. The van der Waals surface area contributed by atoms with Crippen molar-refractivity contribution in [2.45, 2.75) is 6.92 Å². The summed E-state index contributed by atoms with van der Waals surface area (Å²) in [6, 6.07) is 4.04. The summed E-state index contributed by atoms with van der Waals surface area (Å²) in [5, 5.41) is 0. The number of anilines is 1. The Bertz CT molecular complexity index is 577. The number of benzene rings is 1. The molecule has 1 aromatic carbocycles. The number of ether oxygens (including phenoxy) is 1. The summed E-state index contributed by atoms with van der Waals surface area (Å²) in [7, 11) is 0. The zero-order valence-corrected chi connectivity index (χ0v) is 9.45. The van der Waals surface area contributed by atoms with Crippen LogP contribution >= 0.6 is 0 Å². The van der Waals surface area contributed by atoms with Crippen molar-refractivity contribution in [3.05, 3.63) is 41.6 Å². The van der Waals surface area contributed by atoms with Crippen LogP contribution in [0.25, 0.3) is 0 Å². The Hall–Kier alpha value is -2.28. The summed E-state index contributed by atoms with van der Waals surface area (Å²) >= 11 is 0. The van der Waals surface area contributed by atoms with Gasteiger partial charge in [-0.2, -0.15) is 9.37 Å². The van der Waals surface area contributed by atoms with E-state index in [0.29, 0.717) is 5.56 Å². The predicted octanol–water partition coefficient (Wildman–Crippen LogP) is 2.14. The molecule has 0 fully saturated rings. The van der Waals surface area contributed by atoms with Crippen molar-refractivity contribution in [2.24, 2.45) is 5.84 Å². The SMILES string of the molecule is Cc1cc(Oc2nc(NN)ncc2F)ccc1F. The molecule has 3 N–H and O–H groups in total. The normalized spacial score (nSPS) is 10.2. The molecule has 0 amide bonds. The minimum Gasteiger partial charge on any atom is -0.436 e. The highest BCUT2D eigenvalue weighted by Gasteiger charge is 2.09. The number of nitrogen functional groups attached to an aromatic ring is 1. The monoisotopic (exact) mass is 252 g/mol. The van der Waals surface area contributed by atoms with Gasteiger partial charge in [0, 0.05) is 0 Å². The van der Waals surface area contributed by atoms with Crippen LogP contribution in [0.1, 0.15) is 5.56 Å². The summed E-state index contributed by atoms with van der Waals surface area (Å²) < 4.78 is 31.6. The minimum atomic E-state index is -0.740. The van der Waals surface area contributed by atoms with Gasteiger partial charge in [0.15, 0.2) is 0 Å². The van der Waals surface area contributed by atoms with Gasteiger partial charge in [-0.25, -0.2) is 15.2 Å². The zero-order chi connectivity index (χ0) is 13.1. The van der Waals surface area contributed by atoms with Crippen molar-refractivity contribution in [1.82, 2.24) is 9.97 Å². The lowest BCUT2D eigenvalue weighted by atomic mass is 10.2. The maximum Gasteiger partial charge on any atom is 0.260 e. The molecule has 2 aromatic rings. The van der Waals surface area contributed by atoms with Gasteiger partial charge in [-0.15, -0.1) is 0 Å². The summed E-state index contributed by atoms with van der Waals surface area (Å²) in [5.41, 5.74) is 2.56. The second-order valence-corrected chi connectivity index (χ2v) is 3.50. The Morgan fingerprint density at radius 2 is 2.06 bits per heavy atom. The molecule has 0 saturated carbocycles. The van der Waals surface area contributed by atoms with Gasteiger partial charge in [0.05, 0.1) is 6.20 Å². The zero-order valence-electron chi connectivity index (χ0n) is 9.45. The quantitative estimate of drug-likeness (QED) is 0.646. The highest BCUT2D eigenvalue weighted by molar-refractivity contribution is 5.34. The number of nitrogens with one attached hydrogen (secondary N) is 1. The van der Waals surface area contributed by atoms with E-state index in [2.05, 4.69) is 15.4 Å². The number of nitrogens with zero attached hydrogens (tertiary/aromatic N) is 2. The summed E-state index contributed by atoms with van der Waals surface area (Å²) in [4.78, 5) is 7.27. The van der Waals surface area contributed by atoms with Crippen molar-refractivity contribution in [3.63, 3.8) is 0 Å². The molecule has 1 aromatic heterocycles. The number of aromatic nitrogens is 2. The molecule has 0 aliphatic carbocycles. The molecule has 0 aliphatic rings. The molecule has 94 valence electrons. The van der Waals surface area contributed by atoms with Gasteiger partial charge in [-0.1, -0.05) is 0 Å². The second-order valence-electron chi connectivity index (χ2n) is 3.50. The highest BCUT2D eigenvalue weighted by Crippen LogP contribution is 2.24. The summed E-state index contributed by atoms with van der Waals surface area (Å²) in [5.74, 6) is 4.00. The lowest BCUT2D eigenvalue weighted by molar-refractivity contribution is 0.419. The van der Waals surface area contributed by atoms with Crippen molar-refractivity contribution < 1.29 is 13.5 Å². The fourth-order valence-corrected chi connectivity index (χ4v) is 1.28. The number of rotatable bonds is 3. The van der Waals surface area contributed by atoms with Crippen LogP contribution in [0.5, 0.6) is 11.6 Å². The minimum absolute atomic E-state index is 0.0187. The molecular formula is C11H10F2N4O. The third-order valence-corrected chi connectivity index (χ3v) is 2.18. The lowest BCUT2D eigenvalue weighted by Gasteiger charge is -2.07. The average molecular weight is 252 g/mol. The first-order chi connectivity index (χ1) is 8.60. The third kappa shape index (κ3) is 2.51. The molecule has 0 bridgehead atoms. The van der Waals surface area contributed by atoms with E-state index in [1.807, 2.05) is 0 Å². The van der Waals surface area contributed by atoms with Gasteiger partial charge < -0.3 is 4.74 Å². The predicted molar refractivity (Wildman–Crippen MR) is 61.0 cm³/mol. The van der Waals surface area contributed by atoms with Crippen LogP contribution in [-0.2, 0) is 0 Å². The van der Waals surface area contributed by atoms with Crippen LogP contribution in [0, 0.1) is 18.6 Å². The van der Waals surface area contributed by atoms with Crippen LogP contribution < -0.4 is 16.0 Å². The number of hydrazine groups is 1. The lowest BCUT2D eigenvalue weighted by Crippen LogP contribution is -2.11. The Labute approximate surface area is 102 Å². The average Bonchev–Trinajstić information content (AvgIpc) is 2.36. The van der Waals surface area contributed by atoms with E-state index in [9.17, 15) is 8.78 Å². The highest BCUT2D eigenvalue weighted by atomic mass is 19.1. The third-order valence-electron chi connectivity index (χ3n) is 2.18. The van der Waals surface area contributed by atoms with Gasteiger partial charge in [0.1, 0.15) is 11.6 Å². The van der Waals surface area contributed by atoms with Crippen LogP contribution in [0.4, 0.5) is 14.7 Å². The Morgan fingerprint density at radius 3 is 2.72 bits per heavy atom. The Morgan fingerprint density at radius 1 is 1.28 bits per heavy atom. The van der Waals surface area contributed by atoms with Crippen LogP contribution in [0.15, 0.2) is 24.4 Å². The van der Waals surface area contributed by atoms with E-state index in [1.54, 1.807) is 6.92 Å².